The van der Waals surface area contributed by atoms with E-state index in [1.807, 2.05) is 49.4 Å². The van der Waals surface area contributed by atoms with E-state index in [1.165, 1.54) is 0 Å². The van der Waals surface area contributed by atoms with Gasteiger partial charge in [0.2, 0.25) is 0 Å². The number of terminal acetylenes is 1. The molecule has 0 aromatic heterocycles. The summed E-state index contributed by atoms with van der Waals surface area (Å²) in [7, 11) is 1.65. The van der Waals surface area contributed by atoms with Crippen LogP contribution >= 0.6 is 0 Å². The fraction of sp³-hybridized carbons (Fsp3) is 0.263. The van der Waals surface area contributed by atoms with Crippen LogP contribution in [0.1, 0.15) is 12.5 Å². The molecular formula is C19H21NO3. The summed E-state index contributed by atoms with van der Waals surface area (Å²) in [6.07, 6.45) is 5.23. The topological polar surface area (TPSA) is 39.7 Å². The van der Waals surface area contributed by atoms with Gasteiger partial charge in [0.1, 0.15) is 12.4 Å². The fourth-order valence-corrected chi connectivity index (χ4v) is 2.08. The smallest absolute Gasteiger partial charge is 0.162 e. The van der Waals surface area contributed by atoms with Crippen LogP contribution in [-0.2, 0) is 6.54 Å². The van der Waals surface area contributed by atoms with Crippen LogP contribution in [0.4, 0.5) is 5.69 Å². The molecule has 0 bridgehead atoms. The van der Waals surface area contributed by atoms with Gasteiger partial charge in [0.15, 0.2) is 11.5 Å². The molecule has 2 aromatic rings. The number of hydrogen-bond donors (Lipinski definition) is 1. The number of benzene rings is 2. The summed E-state index contributed by atoms with van der Waals surface area (Å²) in [4.78, 5) is 0. The molecule has 4 nitrogen and oxygen atoms in total. The lowest BCUT2D eigenvalue weighted by atomic mass is 10.2. The highest BCUT2D eigenvalue weighted by Gasteiger charge is 2.06. The number of nitrogens with one attached hydrogen (secondary N) is 1. The summed E-state index contributed by atoms with van der Waals surface area (Å²) in [6.45, 7) is 3.42. The third-order valence-electron chi connectivity index (χ3n) is 3.21. The molecule has 2 aromatic carbocycles. The monoisotopic (exact) mass is 311 g/mol. The predicted molar refractivity (Wildman–Crippen MR) is 92.3 cm³/mol. The van der Waals surface area contributed by atoms with Crippen LogP contribution in [0, 0.1) is 12.3 Å². The maximum absolute atomic E-state index is 5.62. The van der Waals surface area contributed by atoms with Gasteiger partial charge in [0.05, 0.1) is 13.7 Å². The molecule has 1 N–H and O–H groups in total. The first-order chi connectivity index (χ1) is 11.3. The second-order valence-corrected chi connectivity index (χ2v) is 4.79. The largest absolute Gasteiger partial charge is 0.497 e. The quantitative estimate of drug-likeness (QED) is 0.754. The third-order valence-corrected chi connectivity index (χ3v) is 3.21. The molecule has 0 amide bonds. The zero-order chi connectivity index (χ0) is 16.5. The van der Waals surface area contributed by atoms with Crippen LogP contribution in [0.2, 0.25) is 0 Å². The van der Waals surface area contributed by atoms with Gasteiger partial charge < -0.3 is 19.5 Å². The Morgan fingerprint density at radius 3 is 2.48 bits per heavy atom. The van der Waals surface area contributed by atoms with Crippen LogP contribution in [0.3, 0.4) is 0 Å². The van der Waals surface area contributed by atoms with Gasteiger partial charge in [0.25, 0.3) is 0 Å². The average Bonchev–Trinajstić information content (AvgIpc) is 2.60. The van der Waals surface area contributed by atoms with Crippen LogP contribution in [0.15, 0.2) is 42.5 Å². The summed E-state index contributed by atoms with van der Waals surface area (Å²) in [5.41, 5.74) is 2.12. The minimum atomic E-state index is 0.226. The van der Waals surface area contributed by atoms with Crippen LogP contribution in [-0.4, -0.2) is 20.3 Å². The van der Waals surface area contributed by atoms with Crippen molar-refractivity contribution >= 4 is 5.69 Å². The molecule has 0 unspecified atom stereocenters. The maximum atomic E-state index is 5.62. The molecule has 4 heteroatoms. The van der Waals surface area contributed by atoms with E-state index in [0.717, 1.165) is 17.0 Å². The van der Waals surface area contributed by atoms with Crippen LogP contribution < -0.4 is 19.5 Å². The molecule has 0 heterocycles. The molecule has 0 radical (unpaired) electrons. The van der Waals surface area contributed by atoms with E-state index in [1.54, 1.807) is 7.11 Å². The normalized spacial score (nSPS) is 9.78. The molecule has 0 aliphatic rings. The lowest BCUT2D eigenvalue weighted by Crippen LogP contribution is -2.03. The average molecular weight is 311 g/mol. The highest BCUT2D eigenvalue weighted by Crippen LogP contribution is 2.29. The Labute approximate surface area is 137 Å². The molecule has 0 spiro atoms. The molecule has 0 saturated carbocycles. The number of hydrogen-bond acceptors (Lipinski definition) is 4. The number of methoxy groups -OCH3 is 1. The summed E-state index contributed by atoms with van der Waals surface area (Å²) >= 11 is 0. The van der Waals surface area contributed by atoms with Crippen molar-refractivity contribution in [3.8, 4) is 29.6 Å². The Bertz CT molecular complexity index is 659. The highest BCUT2D eigenvalue weighted by atomic mass is 16.5. The standard InChI is InChI=1S/C19H21NO3/c1-4-12-23-18-11-6-15(13-19(18)22-5-2)14-20-16-7-9-17(21-3)10-8-16/h1,6-11,13,20H,5,12,14H2,2-3H3. The molecule has 0 aliphatic carbocycles. The van der Waals surface area contributed by atoms with Crippen molar-refractivity contribution in [2.24, 2.45) is 0 Å². The Morgan fingerprint density at radius 2 is 1.83 bits per heavy atom. The molecule has 0 fully saturated rings. The van der Waals surface area contributed by atoms with Crippen molar-refractivity contribution in [2.75, 3.05) is 25.6 Å². The lowest BCUT2D eigenvalue weighted by Gasteiger charge is -2.13. The SMILES string of the molecule is C#CCOc1ccc(CNc2ccc(OC)cc2)cc1OCC. The van der Waals surface area contributed by atoms with E-state index in [4.69, 9.17) is 20.6 Å². The molecule has 120 valence electrons. The van der Waals surface area contributed by atoms with Gasteiger partial charge in [-0.1, -0.05) is 12.0 Å². The van der Waals surface area contributed by atoms with Crippen LogP contribution in [0.25, 0.3) is 0 Å². The van der Waals surface area contributed by atoms with Gasteiger partial charge in [-0.25, -0.2) is 0 Å². The Morgan fingerprint density at radius 1 is 1.04 bits per heavy atom. The van der Waals surface area contributed by atoms with E-state index in [2.05, 4.69) is 11.2 Å². The van der Waals surface area contributed by atoms with E-state index < -0.39 is 0 Å². The summed E-state index contributed by atoms with van der Waals surface area (Å²) < 4.78 is 16.3. The number of ether oxygens (including phenoxy) is 3. The minimum absolute atomic E-state index is 0.226. The zero-order valence-corrected chi connectivity index (χ0v) is 13.5. The van der Waals surface area contributed by atoms with Gasteiger partial charge in [-0.2, -0.15) is 0 Å². The molecular weight excluding hydrogens is 290 g/mol. The van der Waals surface area contributed by atoms with E-state index >= 15 is 0 Å². The lowest BCUT2D eigenvalue weighted by molar-refractivity contribution is 0.299. The molecule has 0 atom stereocenters. The first kappa shape index (κ1) is 16.6. The van der Waals surface area contributed by atoms with Crippen molar-refractivity contribution in [1.82, 2.24) is 0 Å². The molecule has 23 heavy (non-hydrogen) atoms. The first-order valence-electron chi connectivity index (χ1n) is 7.46. The fourth-order valence-electron chi connectivity index (χ4n) is 2.08. The van der Waals surface area contributed by atoms with Gasteiger partial charge in [-0.3, -0.25) is 0 Å². The van der Waals surface area contributed by atoms with Gasteiger partial charge in [0, 0.05) is 12.2 Å². The summed E-state index contributed by atoms with van der Waals surface area (Å²) in [5, 5.41) is 3.36. The molecule has 2 rings (SSSR count). The number of rotatable bonds is 8. The Kier molecular flexibility index (Phi) is 6.19. The van der Waals surface area contributed by atoms with Crippen molar-refractivity contribution < 1.29 is 14.2 Å². The van der Waals surface area contributed by atoms with Gasteiger partial charge in [-0.05, 0) is 48.9 Å². The predicted octanol–water partition coefficient (Wildman–Crippen LogP) is 3.72. The second kappa shape index (κ2) is 8.60. The van der Waals surface area contributed by atoms with Gasteiger partial charge >= 0.3 is 0 Å². The Hall–Kier alpha value is -2.80. The van der Waals surface area contributed by atoms with E-state index in [-0.39, 0.29) is 6.61 Å². The first-order valence-corrected chi connectivity index (χ1v) is 7.46. The van der Waals surface area contributed by atoms with Crippen LogP contribution in [0.5, 0.6) is 17.2 Å². The molecule has 0 saturated heterocycles. The number of anilines is 1. The highest BCUT2D eigenvalue weighted by molar-refractivity contribution is 5.48. The van der Waals surface area contributed by atoms with Crippen molar-refractivity contribution in [1.29, 1.82) is 0 Å². The van der Waals surface area contributed by atoms with E-state index in [0.29, 0.717) is 24.7 Å². The van der Waals surface area contributed by atoms with Crippen molar-refractivity contribution in [2.45, 2.75) is 13.5 Å². The third kappa shape index (κ3) is 4.86. The van der Waals surface area contributed by atoms with E-state index in [9.17, 15) is 0 Å². The summed E-state index contributed by atoms with van der Waals surface area (Å²) in [5.74, 6) is 4.66. The second-order valence-electron chi connectivity index (χ2n) is 4.79. The van der Waals surface area contributed by atoms with Gasteiger partial charge in [-0.15, -0.1) is 6.42 Å². The minimum Gasteiger partial charge on any atom is -0.497 e. The van der Waals surface area contributed by atoms with Crippen molar-refractivity contribution in [3.05, 3.63) is 48.0 Å². The Balaban J connectivity index is 2.04. The summed E-state index contributed by atoms with van der Waals surface area (Å²) in [6, 6.07) is 13.6. The zero-order valence-electron chi connectivity index (χ0n) is 13.5. The maximum Gasteiger partial charge on any atom is 0.162 e. The molecule has 0 aliphatic heterocycles. The van der Waals surface area contributed by atoms with Crippen molar-refractivity contribution in [3.63, 3.8) is 0 Å².